The topological polar surface area (TPSA) is 64.9 Å². The molecule has 0 unspecified atom stereocenters. The molecule has 0 aliphatic heterocycles. The summed E-state index contributed by atoms with van der Waals surface area (Å²) in [6, 6.07) is 0. The highest BCUT2D eigenvalue weighted by molar-refractivity contribution is 5.50. The molecule has 0 aliphatic carbocycles. The van der Waals surface area contributed by atoms with Gasteiger partial charge in [0.25, 0.3) is 6.43 Å². The Bertz CT molecular complexity index is 388. The molecule has 4 N–H and O–H groups in total. The van der Waals surface area contributed by atoms with Gasteiger partial charge in [-0.3, -0.25) is 0 Å². The third-order valence-electron chi connectivity index (χ3n) is 1.95. The number of pyridine rings is 1. The molecule has 1 rings (SSSR count). The zero-order chi connectivity index (χ0) is 12.5. The zero-order valence-corrected chi connectivity index (χ0v) is 7.85. The maximum Gasteiger partial charge on any atom is 0.417 e. The van der Waals surface area contributed by atoms with E-state index in [9.17, 15) is 22.0 Å². The van der Waals surface area contributed by atoms with E-state index in [1.54, 1.807) is 0 Å². The standard InChI is InChI=1S/C8H8F5N3/c9-6(10)4-5(8(11,12)13)3(1-14)2-16-7(4)15/h2,6H,1,14H2,(H2,15,16). The van der Waals surface area contributed by atoms with E-state index in [4.69, 9.17) is 11.5 Å². The van der Waals surface area contributed by atoms with Crippen LogP contribution < -0.4 is 11.5 Å². The second-order valence-corrected chi connectivity index (χ2v) is 2.96. The summed E-state index contributed by atoms with van der Waals surface area (Å²) in [4.78, 5) is 3.26. The van der Waals surface area contributed by atoms with Gasteiger partial charge in [-0.1, -0.05) is 0 Å². The lowest BCUT2D eigenvalue weighted by Crippen LogP contribution is -2.18. The monoisotopic (exact) mass is 241 g/mol. The number of hydrogen-bond donors (Lipinski definition) is 2. The summed E-state index contributed by atoms with van der Waals surface area (Å²) in [6.07, 6.45) is -7.53. The molecule has 3 nitrogen and oxygen atoms in total. The second kappa shape index (κ2) is 4.20. The minimum atomic E-state index is -4.93. The maximum absolute atomic E-state index is 12.6. The highest BCUT2D eigenvalue weighted by Gasteiger charge is 2.39. The van der Waals surface area contributed by atoms with Crippen molar-refractivity contribution >= 4 is 5.82 Å². The number of nitrogens with zero attached hydrogens (tertiary/aromatic N) is 1. The molecule has 0 amide bonds. The summed E-state index contributed by atoms with van der Waals surface area (Å²) < 4.78 is 62.6. The summed E-state index contributed by atoms with van der Waals surface area (Å²) in [5, 5.41) is 0. The fourth-order valence-electron chi connectivity index (χ4n) is 1.29. The first-order valence-electron chi connectivity index (χ1n) is 4.11. The van der Waals surface area contributed by atoms with Crippen molar-refractivity contribution in [2.45, 2.75) is 19.1 Å². The van der Waals surface area contributed by atoms with E-state index in [1.807, 2.05) is 0 Å². The van der Waals surface area contributed by atoms with Gasteiger partial charge in [-0.05, 0) is 5.56 Å². The van der Waals surface area contributed by atoms with Crippen molar-refractivity contribution in [3.63, 3.8) is 0 Å². The van der Waals surface area contributed by atoms with Gasteiger partial charge in [-0.15, -0.1) is 0 Å². The van der Waals surface area contributed by atoms with Crippen LogP contribution in [0.4, 0.5) is 27.8 Å². The van der Waals surface area contributed by atoms with Crippen LogP contribution in [0.5, 0.6) is 0 Å². The van der Waals surface area contributed by atoms with Gasteiger partial charge in [0.05, 0.1) is 11.1 Å². The molecule has 0 aliphatic rings. The zero-order valence-electron chi connectivity index (χ0n) is 7.85. The van der Waals surface area contributed by atoms with Crippen molar-refractivity contribution in [3.05, 3.63) is 22.9 Å². The van der Waals surface area contributed by atoms with Crippen LogP contribution >= 0.6 is 0 Å². The fraction of sp³-hybridized carbons (Fsp3) is 0.375. The van der Waals surface area contributed by atoms with Crippen molar-refractivity contribution in [3.8, 4) is 0 Å². The Balaban J connectivity index is 3.56. The molecule has 90 valence electrons. The van der Waals surface area contributed by atoms with Crippen molar-refractivity contribution in [2.24, 2.45) is 5.73 Å². The molecule has 0 bridgehead atoms. The maximum atomic E-state index is 12.6. The van der Waals surface area contributed by atoms with Crippen LogP contribution in [0.1, 0.15) is 23.1 Å². The van der Waals surface area contributed by atoms with E-state index in [0.29, 0.717) is 0 Å². The Labute approximate surface area is 87.3 Å². The Morgan fingerprint density at radius 1 is 1.31 bits per heavy atom. The van der Waals surface area contributed by atoms with Gasteiger partial charge in [0, 0.05) is 12.7 Å². The average Bonchev–Trinajstić information content (AvgIpc) is 2.15. The normalized spacial score (nSPS) is 12.2. The van der Waals surface area contributed by atoms with E-state index in [0.717, 1.165) is 6.20 Å². The van der Waals surface area contributed by atoms with Gasteiger partial charge in [-0.25, -0.2) is 13.8 Å². The number of alkyl halides is 5. The van der Waals surface area contributed by atoms with Crippen molar-refractivity contribution < 1.29 is 22.0 Å². The quantitative estimate of drug-likeness (QED) is 0.779. The minimum absolute atomic E-state index is 0.503. The molecular formula is C8H8F5N3. The van der Waals surface area contributed by atoms with Crippen molar-refractivity contribution in [2.75, 3.05) is 5.73 Å². The van der Waals surface area contributed by atoms with Crippen molar-refractivity contribution in [1.82, 2.24) is 4.98 Å². The number of halogens is 5. The lowest BCUT2D eigenvalue weighted by Gasteiger charge is -2.17. The predicted octanol–water partition coefficient (Wildman–Crippen LogP) is 2.08. The molecule has 0 fully saturated rings. The molecule has 1 aromatic rings. The molecule has 1 aromatic heterocycles. The summed E-state index contributed by atoms with van der Waals surface area (Å²) >= 11 is 0. The molecular weight excluding hydrogens is 233 g/mol. The van der Waals surface area contributed by atoms with Crippen LogP contribution in [0.25, 0.3) is 0 Å². The van der Waals surface area contributed by atoms with Crippen molar-refractivity contribution in [1.29, 1.82) is 0 Å². The van der Waals surface area contributed by atoms with Gasteiger partial charge in [0.2, 0.25) is 0 Å². The first kappa shape index (κ1) is 12.6. The van der Waals surface area contributed by atoms with Gasteiger partial charge in [0.1, 0.15) is 5.82 Å². The first-order chi connectivity index (χ1) is 7.29. The molecule has 16 heavy (non-hydrogen) atoms. The van der Waals surface area contributed by atoms with E-state index >= 15 is 0 Å². The molecule has 0 radical (unpaired) electrons. The molecule has 0 spiro atoms. The van der Waals surface area contributed by atoms with Crippen LogP contribution in [0.2, 0.25) is 0 Å². The van der Waals surface area contributed by atoms with Crippen LogP contribution in [0.3, 0.4) is 0 Å². The van der Waals surface area contributed by atoms with E-state index in [1.165, 1.54) is 0 Å². The van der Waals surface area contributed by atoms with Crippen LogP contribution in [0, 0.1) is 0 Å². The highest BCUT2D eigenvalue weighted by atomic mass is 19.4. The summed E-state index contributed by atoms with van der Waals surface area (Å²) in [5.74, 6) is -0.834. The van der Waals surface area contributed by atoms with Crippen LogP contribution in [0.15, 0.2) is 6.20 Å². The predicted molar refractivity (Wildman–Crippen MR) is 46.5 cm³/mol. The third kappa shape index (κ3) is 2.21. The number of hydrogen-bond acceptors (Lipinski definition) is 3. The number of aromatic nitrogens is 1. The lowest BCUT2D eigenvalue weighted by atomic mass is 10.0. The molecule has 0 atom stereocenters. The molecule has 8 heteroatoms. The number of nitrogens with two attached hydrogens (primary N) is 2. The van der Waals surface area contributed by atoms with Crippen LogP contribution in [-0.4, -0.2) is 4.98 Å². The fourth-order valence-corrected chi connectivity index (χ4v) is 1.29. The third-order valence-corrected chi connectivity index (χ3v) is 1.95. The Kier molecular flexibility index (Phi) is 3.32. The van der Waals surface area contributed by atoms with E-state index in [2.05, 4.69) is 4.98 Å². The Morgan fingerprint density at radius 3 is 2.25 bits per heavy atom. The number of rotatable bonds is 2. The molecule has 0 aromatic carbocycles. The van der Waals surface area contributed by atoms with Crippen LogP contribution in [-0.2, 0) is 12.7 Å². The Hall–Kier alpha value is -1.44. The molecule has 1 heterocycles. The Morgan fingerprint density at radius 2 is 1.88 bits per heavy atom. The second-order valence-electron chi connectivity index (χ2n) is 2.96. The van der Waals surface area contributed by atoms with E-state index < -0.39 is 41.7 Å². The number of nitrogen functional groups attached to an aromatic ring is 1. The van der Waals surface area contributed by atoms with Gasteiger partial charge >= 0.3 is 6.18 Å². The SMILES string of the molecule is NCc1cnc(N)c(C(F)F)c1C(F)(F)F. The highest BCUT2D eigenvalue weighted by Crippen LogP contribution is 2.40. The smallest absolute Gasteiger partial charge is 0.383 e. The molecule has 0 saturated heterocycles. The largest absolute Gasteiger partial charge is 0.417 e. The van der Waals surface area contributed by atoms with E-state index in [-0.39, 0.29) is 0 Å². The lowest BCUT2D eigenvalue weighted by molar-refractivity contribution is -0.140. The summed E-state index contributed by atoms with van der Waals surface area (Å²) in [6.45, 7) is -0.540. The number of anilines is 1. The van der Waals surface area contributed by atoms with Gasteiger partial charge < -0.3 is 11.5 Å². The summed E-state index contributed by atoms with van der Waals surface area (Å²) in [5.41, 5.74) is 6.75. The minimum Gasteiger partial charge on any atom is -0.383 e. The average molecular weight is 241 g/mol. The van der Waals surface area contributed by atoms with Gasteiger partial charge in [-0.2, -0.15) is 13.2 Å². The van der Waals surface area contributed by atoms with Gasteiger partial charge in [0.15, 0.2) is 0 Å². The molecule has 0 saturated carbocycles. The first-order valence-corrected chi connectivity index (χ1v) is 4.11. The summed E-state index contributed by atoms with van der Waals surface area (Å²) in [7, 11) is 0.